The van der Waals surface area contributed by atoms with E-state index in [4.69, 9.17) is 0 Å². The van der Waals surface area contributed by atoms with Crippen LogP contribution in [0.4, 0.5) is 4.39 Å². The number of hydrogen-bond acceptors (Lipinski definition) is 3. The molecule has 1 fully saturated rings. The Labute approximate surface area is 133 Å². The molecule has 0 bridgehead atoms. The minimum Gasteiger partial charge on any atom is -0.317 e. The van der Waals surface area contributed by atoms with E-state index in [0.717, 1.165) is 25.9 Å². The largest absolute Gasteiger partial charge is 0.317 e. The molecule has 0 amide bonds. The van der Waals surface area contributed by atoms with E-state index < -0.39 is 15.8 Å². The predicted molar refractivity (Wildman–Crippen MR) is 82.3 cm³/mol. The van der Waals surface area contributed by atoms with Crippen LogP contribution in [0.25, 0.3) is 0 Å². The molecule has 1 aromatic carbocycles. The van der Waals surface area contributed by atoms with Crippen LogP contribution < -0.4 is 10.0 Å². The van der Waals surface area contributed by atoms with Gasteiger partial charge in [-0.3, -0.25) is 0 Å². The van der Waals surface area contributed by atoms with Crippen molar-refractivity contribution in [2.24, 2.45) is 0 Å². The molecule has 1 aliphatic heterocycles. The first-order valence-corrected chi connectivity index (χ1v) is 8.36. The molecule has 0 aromatic heterocycles. The molecule has 0 atom stereocenters. The van der Waals surface area contributed by atoms with Gasteiger partial charge in [0.1, 0.15) is 5.82 Å². The third kappa shape index (κ3) is 4.14. The van der Waals surface area contributed by atoms with E-state index in [1.165, 1.54) is 12.1 Å². The third-order valence-electron chi connectivity index (χ3n) is 3.17. The van der Waals surface area contributed by atoms with Gasteiger partial charge in [0.2, 0.25) is 10.0 Å². The Bertz CT molecular complexity index is 577. The van der Waals surface area contributed by atoms with Crippen molar-refractivity contribution >= 4 is 38.4 Å². The number of sulfonamides is 1. The Kier molecular flexibility index (Phi) is 6.40. The highest BCUT2D eigenvalue weighted by molar-refractivity contribution is 9.10. The van der Waals surface area contributed by atoms with Crippen LogP contribution in [0.15, 0.2) is 21.5 Å². The summed E-state index contributed by atoms with van der Waals surface area (Å²) in [6.07, 6.45) is 1.53. The molecular formula is C12H17BrClFN2O2S. The first-order chi connectivity index (χ1) is 8.90. The molecule has 0 spiro atoms. The Morgan fingerprint density at radius 2 is 1.95 bits per heavy atom. The second kappa shape index (κ2) is 7.17. The van der Waals surface area contributed by atoms with Crippen LogP contribution in [-0.2, 0) is 10.0 Å². The standard InChI is InChI=1S/C12H16BrFN2O2S.ClH/c1-8-6-11(14)10(13)7-12(8)19(17,18)16-9-2-4-15-5-3-9;/h6-7,9,15-16H,2-5H2,1H3;1H. The van der Waals surface area contributed by atoms with Gasteiger partial charge in [-0.05, 0) is 66.5 Å². The van der Waals surface area contributed by atoms with E-state index in [9.17, 15) is 12.8 Å². The highest BCUT2D eigenvalue weighted by atomic mass is 79.9. The van der Waals surface area contributed by atoms with E-state index in [1.807, 2.05) is 0 Å². The van der Waals surface area contributed by atoms with Gasteiger partial charge in [0.15, 0.2) is 0 Å². The van der Waals surface area contributed by atoms with Gasteiger partial charge in [-0.2, -0.15) is 0 Å². The van der Waals surface area contributed by atoms with Crippen molar-refractivity contribution in [1.82, 2.24) is 10.0 Å². The van der Waals surface area contributed by atoms with E-state index in [0.29, 0.717) is 5.56 Å². The average Bonchev–Trinajstić information content (AvgIpc) is 2.34. The monoisotopic (exact) mass is 386 g/mol. The Morgan fingerprint density at radius 3 is 2.55 bits per heavy atom. The molecule has 1 aliphatic rings. The summed E-state index contributed by atoms with van der Waals surface area (Å²) in [6, 6.07) is 2.48. The highest BCUT2D eigenvalue weighted by Crippen LogP contribution is 2.24. The van der Waals surface area contributed by atoms with E-state index in [2.05, 4.69) is 26.0 Å². The van der Waals surface area contributed by atoms with Crippen LogP contribution in [0.3, 0.4) is 0 Å². The maximum atomic E-state index is 13.3. The summed E-state index contributed by atoms with van der Waals surface area (Å²) in [7, 11) is -3.60. The van der Waals surface area contributed by atoms with Crippen LogP contribution in [0.2, 0.25) is 0 Å². The minimum atomic E-state index is -3.60. The lowest BCUT2D eigenvalue weighted by atomic mass is 10.1. The average molecular weight is 388 g/mol. The summed E-state index contributed by atoms with van der Waals surface area (Å²) >= 11 is 3.02. The van der Waals surface area contributed by atoms with Gasteiger partial charge in [0.25, 0.3) is 0 Å². The summed E-state index contributed by atoms with van der Waals surface area (Å²) in [6.45, 7) is 3.20. The van der Waals surface area contributed by atoms with Crippen LogP contribution in [-0.4, -0.2) is 27.5 Å². The van der Waals surface area contributed by atoms with Crippen LogP contribution in [0, 0.1) is 12.7 Å². The Balaban J connectivity index is 0.00000200. The molecule has 0 unspecified atom stereocenters. The molecule has 114 valence electrons. The van der Waals surface area contributed by atoms with Gasteiger partial charge >= 0.3 is 0 Å². The fourth-order valence-electron chi connectivity index (χ4n) is 2.14. The maximum absolute atomic E-state index is 13.3. The van der Waals surface area contributed by atoms with Crippen LogP contribution in [0.1, 0.15) is 18.4 Å². The lowest BCUT2D eigenvalue weighted by molar-refractivity contribution is 0.427. The first-order valence-electron chi connectivity index (χ1n) is 6.09. The van der Waals surface area contributed by atoms with E-state index in [-0.39, 0.29) is 27.8 Å². The van der Waals surface area contributed by atoms with Crippen molar-refractivity contribution in [2.45, 2.75) is 30.7 Å². The summed E-state index contributed by atoms with van der Waals surface area (Å²) in [5, 5.41) is 3.18. The highest BCUT2D eigenvalue weighted by Gasteiger charge is 2.24. The van der Waals surface area contributed by atoms with Gasteiger partial charge in [0.05, 0.1) is 9.37 Å². The van der Waals surface area contributed by atoms with Crippen molar-refractivity contribution in [3.05, 3.63) is 28.0 Å². The number of aryl methyl sites for hydroxylation is 1. The Morgan fingerprint density at radius 1 is 1.35 bits per heavy atom. The van der Waals surface area contributed by atoms with Crippen LogP contribution >= 0.6 is 28.3 Å². The molecule has 2 rings (SSSR count). The van der Waals surface area contributed by atoms with Crippen LogP contribution in [0.5, 0.6) is 0 Å². The molecule has 0 saturated carbocycles. The van der Waals surface area contributed by atoms with Crippen molar-refractivity contribution in [3.63, 3.8) is 0 Å². The Hall–Kier alpha value is -0.210. The second-order valence-electron chi connectivity index (χ2n) is 4.68. The molecule has 0 radical (unpaired) electrons. The quantitative estimate of drug-likeness (QED) is 0.837. The van der Waals surface area contributed by atoms with Gasteiger partial charge in [0, 0.05) is 6.04 Å². The van der Waals surface area contributed by atoms with E-state index in [1.54, 1.807) is 6.92 Å². The zero-order chi connectivity index (χ0) is 14.0. The summed E-state index contributed by atoms with van der Waals surface area (Å²) < 4.78 is 40.8. The van der Waals surface area contributed by atoms with Gasteiger partial charge in [-0.1, -0.05) is 0 Å². The number of nitrogens with one attached hydrogen (secondary N) is 2. The molecule has 1 saturated heterocycles. The smallest absolute Gasteiger partial charge is 0.241 e. The summed E-state index contributed by atoms with van der Waals surface area (Å²) in [5.74, 6) is -0.460. The fourth-order valence-corrected chi connectivity index (χ4v) is 4.19. The van der Waals surface area contributed by atoms with Gasteiger partial charge in [-0.15, -0.1) is 12.4 Å². The summed E-state index contributed by atoms with van der Waals surface area (Å²) in [4.78, 5) is 0.124. The first kappa shape index (κ1) is 17.8. The zero-order valence-electron chi connectivity index (χ0n) is 10.9. The minimum absolute atomic E-state index is 0. The van der Waals surface area contributed by atoms with Crippen molar-refractivity contribution in [3.8, 4) is 0 Å². The predicted octanol–water partition coefficient (Wildman–Crippen LogP) is 2.35. The topological polar surface area (TPSA) is 58.2 Å². The molecular weight excluding hydrogens is 371 g/mol. The van der Waals surface area contributed by atoms with E-state index >= 15 is 0 Å². The zero-order valence-corrected chi connectivity index (χ0v) is 14.2. The summed E-state index contributed by atoms with van der Waals surface area (Å²) in [5.41, 5.74) is 0.405. The molecule has 8 heteroatoms. The second-order valence-corrected chi connectivity index (χ2v) is 7.21. The number of hydrogen-bond donors (Lipinski definition) is 2. The van der Waals surface area contributed by atoms with Crippen molar-refractivity contribution in [1.29, 1.82) is 0 Å². The molecule has 0 aliphatic carbocycles. The van der Waals surface area contributed by atoms with Crippen molar-refractivity contribution < 1.29 is 12.8 Å². The van der Waals surface area contributed by atoms with Crippen molar-refractivity contribution in [2.75, 3.05) is 13.1 Å². The fraction of sp³-hybridized carbons (Fsp3) is 0.500. The normalized spacial score (nSPS) is 16.8. The number of rotatable bonds is 3. The molecule has 1 heterocycles. The lowest BCUT2D eigenvalue weighted by Crippen LogP contribution is -2.42. The SMILES string of the molecule is Cc1cc(F)c(Br)cc1S(=O)(=O)NC1CCNCC1.Cl. The number of benzene rings is 1. The molecule has 4 nitrogen and oxygen atoms in total. The molecule has 1 aromatic rings. The molecule has 20 heavy (non-hydrogen) atoms. The third-order valence-corrected chi connectivity index (χ3v) is 5.44. The number of piperidine rings is 1. The molecule has 2 N–H and O–H groups in total. The number of halogens is 3. The maximum Gasteiger partial charge on any atom is 0.241 e. The van der Waals surface area contributed by atoms with Gasteiger partial charge in [-0.25, -0.2) is 17.5 Å². The van der Waals surface area contributed by atoms with Gasteiger partial charge < -0.3 is 5.32 Å². The lowest BCUT2D eigenvalue weighted by Gasteiger charge is -2.24.